The first kappa shape index (κ1) is 22.6. The van der Waals surface area contributed by atoms with E-state index in [1.807, 2.05) is 12.2 Å². The Kier molecular flexibility index (Phi) is 6.45. The van der Waals surface area contributed by atoms with E-state index >= 15 is 0 Å². The zero-order chi connectivity index (χ0) is 22.9. The molecule has 2 aliphatic heterocycles. The summed E-state index contributed by atoms with van der Waals surface area (Å²) in [7, 11) is -3.58. The summed E-state index contributed by atoms with van der Waals surface area (Å²) in [4.78, 5) is 39.2. The molecule has 0 radical (unpaired) electrons. The van der Waals surface area contributed by atoms with Gasteiger partial charge in [-0.15, -0.1) is 0 Å². The number of fused-ring (bicyclic) bond motifs is 1. The number of imide groups is 1. The Bertz CT molecular complexity index is 1000. The van der Waals surface area contributed by atoms with Crippen molar-refractivity contribution >= 4 is 27.7 Å². The van der Waals surface area contributed by atoms with Crippen molar-refractivity contribution in [1.82, 2.24) is 14.5 Å². The van der Waals surface area contributed by atoms with Crippen molar-refractivity contribution in [1.29, 1.82) is 0 Å². The van der Waals surface area contributed by atoms with Crippen LogP contribution in [0.4, 0.5) is 0 Å². The van der Waals surface area contributed by atoms with Gasteiger partial charge in [-0.25, -0.2) is 8.42 Å². The molecule has 1 aliphatic carbocycles. The van der Waals surface area contributed by atoms with Gasteiger partial charge in [-0.3, -0.25) is 19.3 Å². The summed E-state index contributed by atoms with van der Waals surface area (Å²) in [5.41, 5.74) is 0.712. The van der Waals surface area contributed by atoms with Crippen LogP contribution in [-0.4, -0.2) is 67.7 Å². The number of sulfonamides is 1. The standard InChI is InChI=1S/C22H27N3O6S/c1-15(25-21(27)18-4-2-3-5-19(18)22(25)28)20(26)23-14-16-6-8-17(9-7-16)32(29,30)24-10-12-31-13-11-24/h2-3,6-9,15,18-19H,4-5,10-14H2,1H3,(H,23,26)/t15-,18?,19?/m0/s1. The number of hydrogen-bond donors (Lipinski definition) is 1. The highest BCUT2D eigenvalue weighted by Crippen LogP contribution is 2.36. The van der Waals surface area contributed by atoms with Crippen LogP contribution in [0.2, 0.25) is 0 Å². The topological polar surface area (TPSA) is 113 Å². The first-order valence-electron chi connectivity index (χ1n) is 10.8. The predicted molar refractivity (Wildman–Crippen MR) is 115 cm³/mol. The van der Waals surface area contributed by atoms with Gasteiger partial charge in [0.2, 0.25) is 27.7 Å². The molecule has 2 unspecified atom stereocenters. The number of morpholine rings is 1. The Morgan fingerprint density at radius 2 is 1.62 bits per heavy atom. The molecule has 0 aromatic heterocycles. The van der Waals surface area contributed by atoms with E-state index in [2.05, 4.69) is 5.32 Å². The molecule has 2 heterocycles. The van der Waals surface area contributed by atoms with Gasteiger partial charge in [-0.1, -0.05) is 24.3 Å². The minimum absolute atomic E-state index is 0.158. The SMILES string of the molecule is C[C@@H](C(=O)NCc1ccc(S(=O)(=O)N2CCOCC2)cc1)N1C(=O)C2CC=CCC2C1=O. The van der Waals surface area contributed by atoms with Crippen LogP contribution in [0.3, 0.4) is 0 Å². The Balaban J connectivity index is 1.36. The quantitative estimate of drug-likeness (QED) is 0.492. The van der Waals surface area contributed by atoms with E-state index in [4.69, 9.17) is 4.74 Å². The Hall–Kier alpha value is -2.56. The summed E-state index contributed by atoms with van der Waals surface area (Å²) < 4.78 is 32.0. The van der Waals surface area contributed by atoms with E-state index < -0.39 is 22.0 Å². The molecular formula is C22H27N3O6S. The van der Waals surface area contributed by atoms with E-state index in [9.17, 15) is 22.8 Å². The summed E-state index contributed by atoms with van der Waals surface area (Å²) in [6, 6.07) is 5.42. The third-order valence-corrected chi connectivity index (χ3v) is 8.22. The molecule has 3 atom stereocenters. The molecular weight excluding hydrogens is 434 g/mol. The lowest BCUT2D eigenvalue weighted by Crippen LogP contribution is -2.48. The Labute approximate surface area is 187 Å². The number of rotatable bonds is 6. The highest BCUT2D eigenvalue weighted by atomic mass is 32.2. The molecule has 32 heavy (non-hydrogen) atoms. The van der Waals surface area contributed by atoms with Gasteiger partial charge < -0.3 is 10.1 Å². The molecule has 10 heteroatoms. The van der Waals surface area contributed by atoms with Crippen molar-refractivity contribution in [2.45, 2.75) is 37.2 Å². The minimum Gasteiger partial charge on any atom is -0.379 e. The second-order valence-corrected chi connectivity index (χ2v) is 10.2. The molecule has 3 amide bonds. The molecule has 1 N–H and O–H groups in total. The number of amides is 3. The summed E-state index contributed by atoms with van der Waals surface area (Å²) in [5, 5.41) is 2.74. The number of hydrogen-bond acceptors (Lipinski definition) is 6. The number of benzene rings is 1. The van der Waals surface area contributed by atoms with Crippen LogP contribution in [0.15, 0.2) is 41.3 Å². The number of ether oxygens (including phenoxy) is 1. The van der Waals surface area contributed by atoms with Crippen molar-refractivity contribution in [3.63, 3.8) is 0 Å². The zero-order valence-electron chi connectivity index (χ0n) is 17.9. The smallest absolute Gasteiger partial charge is 0.243 e. The molecule has 1 aromatic rings. The van der Waals surface area contributed by atoms with Crippen LogP contribution in [0, 0.1) is 11.8 Å². The molecule has 9 nitrogen and oxygen atoms in total. The van der Waals surface area contributed by atoms with Crippen molar-refractivity contribution in [3.8, 4) is 0 Å². The van der Waals surface area contributed by atoms with E-state index in [0.717, 1.165) is 4.90 Å². The fourth-order valence-corrected chi connectivity index (χ4v) is 5.79. The second kappa shape index (κ2) is 9.13. The van der Waals surface area contributed by atoms with Gasteiger partial charge in [-0.2, -0.15) is 4.31 Å². The molecule has 2 fully saturated rings. The maximum absolute atomic E-state index is 12.7. The lowest BCUT2D eigenvalue weighted by atomic mass is 9.85. The normalized spacial score (nSPS) is 25.0. The lowest BCUT2D eigenvalue weighted by molar-refractivity contribution is -0.147. The molecule has 2 saturated heterocycles. The van der Waals surface area contributed by atoms with Crippen LogP contribution < -0.4 is 5.32 Å². The molecule has 0 bridgehead atoms. The van der Waals surface area contributed by atoms with Crippen LogP contribution in [-0.2, 0) is 35.7 Å². The first-order chi connectivity index (χ1) is 15.3. The number of carbonyl (C=O) groups is 3. The maximum atomic E-state index is 12.7. The number of nitrogens with zero attached hydrogens (tertiary/aromatic N) is 2. The van der Waals surface area contributed by atoms with Gasteiger partial charge in [0.1, 0.15) is 6.04 Å². The molecule has 0 spiro atoms. The van der Waals surface area contributed by atoms with Crippen LogP contribution in [0.25, 0.3) is 0 Å². The molecule has 3 aliphatic rings. The summed E-state index contributed by atoms with van der Waals surface area (Å²) in [6.07, 6.45) is 4.87. The highest BCUT2D eigenvalue weighted by Gasteiger charge is 2.50. The number of likely N-dealkylation sites (tertiary alicyclic amines) is 1. The fraction of sp³-hybridized carbons (Fsp3) is 0.500. The highest BCUT2D eigenvalue weighted by molar-refractivity contribution is 7.89. The van der Waals surface area contributed by atoms with Gasteiger partial charge in [0, 0.05) is 19.6 Å². The fourth-order valence-electron chi connectivity index (χ4n) is 4.38. The summed E-state index contributed by atoms with van der Waals surface area (Å²) >= 11 is 0. The first-order valence-corrected chi connectivity index (χ1v) is 12.2. The monoisotopic (exact) mass is 461 g/mol. The van der Waals surface area contributed by atoms with E-state index in [-0.39, 0.29) is 35.1 Å². The Morgan fingerprint density at radius 1 is 1.06 bits per heavy atom. The van der Waals surface area contributed by atoms with Crippen LogP contribution in [0.5, 0.6) is 0 Å². The number of allylic oxidation sites excluding steroid dienone is 2. The average Bonchev–Trinajstić information content (AvgIpc) is 3.08. The Morgan fingerprint density at radius 3 is 2.19 bits per heavy atom. The van der Waals surface area contributed by atoms with Crippen molar-refractivity contribution in [3.05, 3.63) is 42.0 Å². The maximum Gasteiger partial charge on any atom is 0.243 e. The van der Waals surface area contributed by atoms with Gasteiger partial charge in [-0.05, 0) is 37.5 Å². The second-order valence-electron chi connectivity index (χ2n) is 8.26. The average molecular weight is 462 g/mol. The summed E-state index contributed by atoms with van der Waals surface area (Å²) in [6.45, 7) is 3.11. The van der Waals surface area contributed by atoms with Crippen LogP contribution >= 0.6 is 0 Å². The predicted octanol–water partition coefficient (Wildman–Crippen LogP) is 0.663. The summed E-state index contributed by atoms with van der Waals surface area (Å²) in [5.74, 6) is -1.75. The van der Waals surface area contributed by atoms with E-state index in [0.29, 0.717) is 44.7 Å². The molecule has 4 rings (SSSR count). The third kappa shape index (κ3) is 4.22. The minimum atomic E-state index is -3.58. The van der Waals surface area contributed by atoms with Gasteiger partial charge in [0.25, 0.3) is 0 Å². The lowest BCUT2D eigenvalue weighted by Gasteiger charge is -2.26. The van der Waals surface area contributed by atoms with Crippen molar-refractivity contribution in [2.75, 3.05) is 26.3 Å². The zero-order valence-corrected chi connectivity index (χ0v) is 18.7. The number of carbonyl (C=O) groups excluding carboxylic acids is 3. The number of nitrogens with one attached hydrogen (secondary N) is 1. The van der Waals surface area contributed by atoms with E-state index in [1.54, 1.807) is 19.1 Å². The molecule has 1 aromatic carbocycles. The van der Waals surface area contributed by atoms with Crippen LogP contribution in [0.1, 0.15) is 25.3 Å². The largest absolute Gasteiger partial charge is 0.379 e. The van der Waals surface area contributed by atoms with E-state index in [1.165, 1.54) is 16.4 Å². The van der Waals surface area contributed by atoms with Crippen molar-refractivity contribution < 1.29 is 27.5 Å². The molecule has 0 saturated carbocycles. The van der Waals surface area contributed by atoms with Gasteiger partial charge in [0.15, 0.2) is 0 Å². The van der Waals surface area contributed by atoms with Gasteiger partial charge >= 0.3 is 0 Å². The molecule has 172 valence electrons. The van der Waals surface area contributed by atoms with Crippen molar-refractivity contribution in [2.24, 2.45) is 11.8 Å². The third-order valence-electron chi connectivity index (χ3n) is 6.31. The van der Waals surface area contributed by atoms with Gasteiger partial charge in [0.05, 0.1) is 29.9 Å².